The van der Waals surface area contributed by atoms with Gasteiger partial charge in [-0.15, -0.1) is 0 Å². The van der Waals surface area contributed by atoms with E-state index in [1.54, 1.807) is 0 Å². The zero-order valence-corrected chi connectivity index (χ0v) is 11.7. The van der Waals surface area contributed by atoms with Crippen LogP contribution < -0.4 is 15.2 Å². The highest BCUT2D eigenvalue weighted by Crippen LogP contribution is 2.35. The van der Waals surface area contributed by atoms with E-state index in [9.17, 15) is 0 Å². The number of nitrogens with two attached hydrogens (primary N) is 1. The molecule has 0 radical (unpaired) electrons. The van der Waals surface area contributed by atoms with Crippen LogP contribution in [0.3, 0.4) is 0 Å². The average Bonchev–Trinajstić information content (AvgIpc) is 2.42. The Bertz CT molecular complexity index is 450. The van der Waals surface area contributed by atoms with Crippen LogP contribution in [0.2, 0.25) is 0 Å². The van der Waals surface area contributed by atoms with Crippen LogP contribution >= 0.6 is 0 Å². The van der Waals surface area contributed by atoms with Gasteiger partial charge in [-0.25, -0.2) is 0 Å². The first kappa shape index (κ1) is 12.8. The summed E-state index contributed by atoms with van der Waals surface area (Å²) in [6.07, 6.45) is 6.02. The summed E-state index contributed by atoms with van der Waals surface area (Å²) in [4.78, 5) is 0. The molecule has 3 nitrogen and oxygen atoms in total. The lowest BCUT2D eigenvalue weighted by molar-refractivity contribution is 0.171. The van der Waals surface area contributed by atoms with E-state index in [0.717, 1.165) is 23.8 Å². The molecule has 104 valence electrons. The zero-order chi connectivity index (χ0) is 13.2. The second-order valence-electron chi connectivity index (χ2n) is 5.91. The highest BCUT2D eigenvalue weighted by atomic mass is 16.6. The molecule has 1 heterocycles. The minimum Gasteiger partial charge on any atom is -0.486 e. The number of hydrogen-bond acceptors (Lipinski definition) is 3. The molecule has 0 bridgehead atoms. The van der Waals surface area contributed by atoms with Crippen LogP contribution in [-0.2, 0) is 6.42 Å². The Balaban J connectivity index is 1.73. The van der Waals surface area contributed by atoms with E-state index >= 15 is 0 Å². The molecular weight excluding hydrogens is 238 g/mol. The third-order valence-corrected chi connectivity index (χ3v) is 4.40. The fourth-order valence-electron chi connectivity index (χ4n) is 3.16. The third-order valence-electron chi connectivity index (χ3n) is 4.40. The van der Waals surface area contributed by atoms with Gasteiger partial charge in [-0.3, -0.25) is 0 Å². The zero-order valence-electron chi connectivity index (χ0n) is 11.7. The second-order valence-corrected chi connectivity index (χ2v) is 5.91. The van der Waals surface area contributed by atoms with E-state index in [0.29, 0.717) is 19.3 Å². The lowest BCUT2D eigenvalue weighted by Gasteiger charge is -2.27. The highest BCUT2D eigenvalue weighted by Gasteiger charge is 2.21. The lowest BCUT2D eigenvalue weighted by Crippen LogP contribution is -2.27. The minimum atomic E-state index is 0.428. The molecule has 0 saturated heterocycles. The van der Waals surface area contributed by atoms with Gasteiger partial charge in [0.25, 0.3) is 0 Å². The van der Waals surface area contributed by atoms with Gasteiger partial charge in [0, 0.05) is 6.04 Å². The van der Waals surface area contributed by atoms with E-state index in [1.165, 1.54) is 36.8 Å². The molecule has 0 amide bonds. The first-order valence-corrected chi connectivity index (χ1v) is 7.37. The van der Waals surface area contributed by atoms with Crippen molar-refractivity contribution in [1.82, 2.24) is 0 Å². The molecule has 3 rings (SSSR count). The summed E-state index contributed by atoms with van der Waals surface area (Å²) in [7, 11) is 0. The molecule has 0 spiro atoms. The average molecular weight is 261 g/mol. The van der Waals surface area contributed by atoms with Gasteiger partial charge in [0.1, 0.15) is 13.2 Å². The van der Waals surface area contributed by atoms with Gasteiger partial charge >= 0.3 is 0 Å². The topological polar surface area (TPSA) is 44.5 Å². The van der Waals surface area contributed by atoms with Crippen molar-refractivity contribution in [3.05, 3.63) is 23.3 Å². The Morgan fingerprint density at radius 3 is 2.37 bits per heavy atom. The van der Waals surface area contributed by atoms with E-state index in [1.807, 2.05) is 0 Å². The normalized spacial score (nSPS) is 26.2. The van der Waals surface area contributed by atoms with Gasteiger partial charge in [-0.1, -0.05) is 0 Å². The Morgan fingerprint density at radius 2 is 1.68 bits per heavy atom. The van der Waals surface area contributed by atoms with Crippen molar-refractivity contribution in [3.8, 4) is 11.5 Å². The highest BCUT2D eigenvalue weighted by molar-refractivity contribution is 5.47. The van der Waals surface area contributed by atoms with Crippen LogP contribution in [0.5, 0.6) is 11.5 Å². The van der Waals surface area contributed by atoms with Gasteiger partial charge in [-0.2, -0.15) is 0 Å². The predicted octanol–water partition coefficient (Wildman–Crippen LogP) is 2.83. The molecule has 1 aromatic rings. The Hall–Kier alpha value is -1.22. The van der Waals surface area contributed by atoms with Gasteiger partial charge in [0.15, 0.2) is 11.5 Å². The summed E-state index contributed by atoms with van der Waals surface area (Å²) in [5, 5.41) is 0. The van der Waals surface area contributed by atoms with Crippen LogP contribution in [0.1, 0.15) is 36.8 Å². The third kappa shape index (κ3) is 2.86. The number of rotatable bonds is 2. The van der Waals surface area contributed by atoms with Crippen molar-refractivity contribution in [2.45, 2.75) is 45.1 Å². The molecule has 1 aliphatic carbocycles. The summed E-state index contributed by atoms with van der Waals surface area (Å²) in [6.45, 7) is 3.49. The molecule has 0 atom stereocenters. The van der Waals surface area contributed by atoms with Crippen molar-refractivity contribution in [2.24, 2.45) is 11.7 Å². The molecule has 1 fully saturated rings. The molecule has 2 aliphatic rings. The van der Waals surface area contributed by atoms with Gasteiger partial charge < -0.3 is 15.2 Å². The fraction of sp³-hybridized carbons (Fsp3) is 0.625. The second kappa shape index (κ2) is 5.41. The quantitative estimate of drug-likeness (QED) is 0.890. The Labute approximate surface area is 115 Å². The minimum absolute atomic E-state index is 0.428. The van der Waals surface area contributed by atoms with Crippen molar-refractivity contribution in [1.29, 1.82) is 0 Å². The van der Waals surface area contributed by atoms with E-state index in [4.69, 9.17) is 15.2 Å². The van der Waals surface area contributed by atoms with Crippen molar-refractivity contribution in [3.63, 3.8) is 0 Å². The first-order valence-electron chi connectivity index (χ1n) is 7.37. The van der Waals surface area contributed by atoms with Crippen LogP contribution in [0.4, 0.5) is 0 Å². The standard InChI is InChI=1S/C16H23NO2/c1-11-8-15-16(19-7-6-18-15)10-13(11)9-12-2-4-14(17)5-3-12/h8,10,12,14H,2-7,9,17H2,1H3. The van der Waals surface area contributed by atoms with E-state index in [2.05, 4.69) is 19.1 Å². The fourth-order valence-corrected chi connectivity index (χ4v) is 3.16. The van der Waals surface area contributed by atoms with Crippen molar-refractivity contribution < 1.29 is 9.47 Å². The Morgan fingerprint density at radius 1 is 1.05 bits per heavy atom. The molecule has 0 unspecified atom stereocenters. The van der Waals surface area contributed by atoms with Crippen LogP contribution in [0, 0.1) is 12.8 Å². The lowest BCUT2D eigenvalue weighted by atomic mass is 9.82. The van der Waals surface area contributed by atoms with Crippen molar-refractivity contribution in [2.75, 3.05) is 13.2 Å². The Kier molecular flexibility index (Phi) is 3.65. The van der Waals surface area contributed by atoms with E-state index in [-0.39, 0.29) is 0 Å². The molecule has 2 N–H and O–H groups in total. The molecular formula is C16H23NO2. The monoisotopic (exact) mass is 261 g/mol. The predicted molar refractivity (Wildman–Crippen MR) is 75.8 cm³/mol. The number of fused-ring (bicyclic) bond motifs is 1. The molecule has 1 saturated carbocycles. The maximum absolute atomic E-state index is 5.97. The first-order chi connectivity index (χ1) is 9.22. The number of aryl methyl sites for hydroxylation is 1. The van der Waals surface area contributed by atoms with Gasteiger partial charge in [-0.05, 0) is 68.2 Å². The summed E-state index contributed by atoms with van der Waals surface area (Å²) < 4.78 is 11.3. The molecule has 1 aromatic carbocycles. The maximum atomic E-state index is 5.97. The smallest absolute Gasteiger partial charge is 0.161 e. The molecule has 19 heavy (non-hydrogen) atoms. The SMILES string of the molecule is Cc1cc2c(cc1CC1CCC(N)CC1)OCCO2. The molecule has 0 aromatic heterocycles. The van der Waals surface area contributed by atoms with Crippen LogP contribution in [-0.4, -0.2) is 19.3 Å². The van der Waals surface area contributed by atoms with E-state index < -0.39 is 0 Å². The van der Waals surface area contributed by atoms with Gasteiger partial charge in [0.05, 0.1) is 0 Å². The van der Waals surface area contributed by atoms with Crippen LogP contribution in [0.15, 0.2) is 12.1 Å². The van der Waals surface area contributed by atoms with Crippen molar-refractivity contribution >= 4 is 0 Å². The summed E-state index contributed by atoms with van der Waals surface area (Å²) >= 11 is 0. The maximum Gasteiger partial charge on any atom is 0.161 e. The van der Waals surface area contributed by atoms with Crippen LogP contribution in [0.25, 0.3) is 0 Å². The number of hydrogen-bond donors (Lipinski definition) is 1. The molecule has 3 heteroatoms. The molecule has 1 aliphatic heterocycles. The number of ether oxygens (including phenoxy) is 2. The van der Waals surface area contributed by atoms with Gasteiger partial charge in [0.2, 0.25) is 0 Å². The summed E-state index contributed by atoms with van der Waals surface area (Å²) in [5.74, 6) is 2.60. The summed E-state index contributed by atoms with van der Waals surface area (Å²) in [6, 6.07) is 4.73. The largest absolute Gasteiger partial charge is 0.486 e. The number of benzene rings is 1. The summed E-state index contributed by atoms with van der Waals surface area (Å²) in [5.41, 5.74) is 8.70.